The number of halogens is 3. The summed E-state index contributed by atoms with van der Waals surface area (Å²) >= 11 is 0. The van der Waals surface area contributed by atoms with Gasteiger partial charge in [0.2, 0.25) is 0 Å². The third kappa shape index (κ3) is 2.30. The third-order valence-electron chi connectivity index (χ3n) is 3.42. The Hall–Kier alpha value is -2.51. The molecule has 0 aliphatic heterocycles. The Morgan fingerprint density at radius 2 is 1.95 bits per heavy atom. The van der Waals surface area contributed by atoms with Gasteiger partial charge in [-0.1, -0.05) is 6.92 Å². The number of aromatic nitrogens is 5. The van der Waals surface area contributed by atoms with Crippen molar-refractivity contribution in [2.75, 3.05) is 0 Å². The molecule has 0 amide bonds. The fourth-order valence-corrected chi connectivity index (χ4v) is 2.26. The van der Waals surface area contributed by atoms with Crippen molar-refractivity contribution >= 4 is 11.2 Å². The topological polar surface area (TPSA) is 56.5 Å². The van der Waals surface area contributed by atoms with E-state index in [-0.39, 0.29) is 5.52 Å². The number of rotatable bonds is 2. The van der Waals surface area contributed by atoms with Crippen molar-refractivity contribution in [3.8, 4) is 11.5 Å². The molecule has 0 saturated carbocycles. The van der Waals surface area contributed by atoms with Crippen LogP contribution in [0.3, 0.4) is 0 Å². The molecule has 0 spiro atoms. The van der Waals surface area contributed by atoms with Gasteiger partial charge in [-0.2, -0.15) is 13.2 Å². The molecule has 3 aromatic heterocycles. The summed E-state index contributed by atoms with van der Waals surface area (Å²) < 4.78 is 39.9. The van der Waals surface area contributed by atoms with Crippen molar-refractivity contribution in [1.29, 1.82) is 0 Å². The van der Waals surface area contributed by atoms with Crippen LogP contribution in [0.4, 0.5) is 13.2 Å². The Kier molecular flexibility index (Phi) is 3.31. The number of aryl methyl sites for hydroxylation is 2. The Bertz CT molecular complexity index is 838. The van der Waals surface area contributed by atoms with Crippen LogP contribution in [0.5, 0.6) is 0 Å². The van der Waals surface area contributed by atoms with Gasteiger partial charge in [0.05, 0.1) is 5.56 Å². The fraction of sp³-hybridized carbons (Fsp3) is 0.286. The van der Waals surface area contributed by atoms with E-state index in [1.807, 2.05) is 6.92 Å². The molecule has 0 aliphatic carbocycles. The van der Waals surface area contributed by atoms with Crippen LogP contribution in [0.1, 0.15) is 18.1 Å². The van der Waals surface area contributed by atoms with Gasteiger partial charge in [-0.3, -0.25) is 0 Å². The van der Waals surface area contributed by atoms with Crippen molar-refractivity contribution in [2.45, 2.75) is 19.5 Å². The van der Waals surface area contributed by atoms with E-state index in [0.717, 1.165) is 17.8 Å². The molecule has 22 heavy (non-hydrogen) atoms. The van der Waals surface area contributed by atoms with E-state index >= 15 is 0 Å². The maximum absolute atomic E-state index is 12.8. The summed E-state index contributed by atoms with van der Waals surface area (Å²) in [5.41, 5.74) is 1.23. The second-order valence-electron chi connectivity index (χ2n) is 4.81. The lowest BCUT2D eigenvalue weighted by Gasteiger charge is -2.06. The van der Waals surface area contributed by atoms with Gasteiger partial charge < -0.3 is 4.57 Å². The van der Waals surface area contributed by atoms with Gasteiger partial charge in [0.25, 0.3) is 0 Å². The Labute approximate surface area is 123 Å². The predicted molar refractivity (Wildman–Crippen MR) is 73.9 cm³/mol. The maximum atomic E-state index is 12.8. The summed E-state index contributed by atoms with van der Waals surface area (Å²) in [6, 6.07) is 0.999. The van der Waals surface area contributed by atoms with Crippen molar-refractivity contribution in [3.63, 3.8) is 0 Å². The quantitative estimate of drug-likeness (QED) is 0.730. The molecule has 3 heterocycles. The molecule has 0 atom stereocenters. The van der Waals surface area contributed by atoms with Crippen LogP contribution in [0, 0.1) is 0 Å². The molecule has 3 aromatic rings. The second kappa shape index (κ2) is 5.04. The summed E-state index contributed by atoms with van der Waals surface area (Å²) in [5.74, 6) is 0.473. The normalized spacial score (nSPS) is 12.0. The lowest BCUT2D eigenvalue weighted by Crippen LogP contribution is -2.05. The first-order chi connectivity index (χ1) is 10.4. The molecule has 0 aromatic carbocycles. The molecule has 114 valence electrons. The second-order valence-corrected chi connectivity index (χ2v) is 4.81. The minimum Gasteiger partial charge on any atom is -0.311 e. The van der Waals surface area contributed by atoms with Gasteiger partial charge in [0.15, 0.2) is 11.5 Å². The number of imidazole rings is 1. The van der Waals surface area contributed by atoms with Crippen molar-refractivity contribution in [2.24, 2.45) is 7.05 Å². The molecule has 0 radical (unpaired) electrons. The van der Waals surface area contributed by atoms with E-state index in [2.05, 4.69) is 19.9 Å². The molecule has 0 saturated heterocycles. The molecule has 0 fully saturated rings. The van der Waals surface area contributed by atoms with E-state index in [1.54, 1.807) is 17.8 Å². The number of pyridine rings is 1. The first-order valence-corrected chi connectivity index (χ1v) is 6.60. The highest BCUT2D eigenvalue weighted by Gasteiger charge is 2.31. The number of alkyl halides is 3. The molecular weight excluding hydrogens is 295 g/mol. The van der Waals surface area contributed by atoms with Gasteiger partial charge in [-0.15, -0.1) is 0 Å². The summed E-state index contributed by atoms with van der Waals surface area (Å²) in [7, 11) is 1.70. The highest BCUT2D eigenvalue weighted by Crippen LogP contribution is 2.31. The molecule has 5 nitrogen and oxygen atoms in total. The summed E-state index contributed by atoms with van der Waals surface area (Å²) in [4.78, 5) is 16.3. The Balaban J connectivity index is 2.22. The van der Waals surface area contributed by atoms with E-state index in [9.17, 15) is 13.2 Å². The highest BCUT2D eigenvalue weighted by molar-refractivity contribution is 5.77. The number of hydrogen-bond donors (Lipinski definition) is 0. The van der Waals surface area contributed by atoms with Crippen LogP contribution in [0.15, 0.2) is 24.8 Å². The third-order valence-corrected chi connectivity index (χ3v) is 3.42. The lowest BCUT2D eigenvalue weighted by molar-refractivity contribution is -0.137. The smallest absolute Gasteiger partial charge is 0.311 e. The van der Waals surface area contributed by atoms with Gasteiger partial charge >= 0.3 is 6.18 Å². The number of nitrogens with zero attached hydrogens (tertiary/aromatic N) is 5. The molecular formula is C14H12F3N5. The van der Waals surface area contributed by atoms with Crippen LogP contribution in [-0.2, 0) is 19.6 Å². The number of hydrogen-bond acceptors (Lipinski definition) is 4. The Morgan fingerprint density at radius 1 is 1.18 bits per heavy atom. The molecule has 0 unspecified atom stereocenters. The minimum absolute atomic E-state index is 0.188. The van der Waals surface area contributed by atoms with Crippen LogP contribution in [0.25, 0.3) is 22.7 Å². The SMILES string of the molecule is CCc1cncnc1-c1nc2cc(C(F)(F)F)cnc2n1C. The lowest BCUT2D eigenvalue weighted by atomic mass is 10.2. The highest BCUT2D eigenvalue weighted by atomic mass is 19.4. The standard InChI is InChI=1S/C14H12F3N5/c1-3-8-5-18-7-20-11(8)13-21-10-4-9(14(15,16)17)6-19-12(10)22(13)2/h4-7H,3H2,1-2H3. The first-order valence-electron chi connectivity index (χ1n) is 6.60. The van der Waals surface area contributed by atoms with Crippen LogP contribution in [-0.4, -0.2) is 24.5 Å². The van der Waals surface area contributed by atoms with Crippen molar-refractivity contribution in [1.82, 2.24) is 24.5 Å². The zero-order valence-electron chi connectivity index (χ0n) is 11.9. The van der Waals surface area contributed by atoms with Gasteiger partial charge in [0.1, 0.15) is 17.5 Å². The van der Waals surface area contributed by atoms with Crippen molar-refractivity contribution < 1.29 is 13.2 Å². The fourth-order valence-electron chi connectivity index (χ4n) is 2.26. The zero-order chi connectivity index (χ0) is 15.9. The van der Waals surface area contributed by atoms with Crippen LogP contribution in [0.2, 0.25) is 0 Å². The summed E-state index contributed by atoms with van der Waals surface area (Å²) in [6.45, 7) is 1.95. The average molecular weight is 307 g/mol. The Morgan fingerprint density at radius 3 is 2.64 bits per heavy atom. The van der Waals surface area contributed by atoms with Gasteiger partial charge in [0, 0.05) is 19.4 Å². The van der Waals surface area contributed by atoms with Crippen LogP contribution >= 0.6 is 0 Å². The molecule has 3 rings (SSSR count). The monoisotopic (exact) mass is 307 g/mol. The average Bonchev–Trinajstić information content (AvgIpc) is 2.83. The molecule has 8 heteroatoms. The minimum atomic E-state index is -4.44. The van der Waals surface area contributed by atoms with Gasteiger partial charge in [-0.05, 0) is 18.1 Å². The molecule has 0 bridgehead atoms. The zero-order valence-corrected chi connectivity index (χ0v) is 11.9. The summed E-state index contributed by atoms with van der Waals surface area (Å²) in [5, 5.41) is 0. The summed E-state index contributed by atoms with van der Waals surface area (Å²) in [6.07, 6.45) is 0.135. The maximum Gasteiger partial charge on any atom is 0.417 e. The first kappa shape index (κ1) is 14.4. The van der Waals surface area contributed by atoms with E-state index in [4.69, 9.17) is 0 Å². The number of fused-ring (bicyclic) bond motifs is 1. The molecule has 0 aliphatic rings. The van der Waals surface area contributed by atoms with Gasteiger partial charge in [-0.25, -0.2) is 19.9 Å². The largest absolute Gasteiger partial charge is 0.417 e. The van der Waals surface area contributed by atoms with E-state index < -0.39 is 11.7 Å². The predicted octanol–water partition coefficient (Wildman–Crippen LogP) is 3.01. The van der Waals surface area contributed by atoms with Crippen LogP contribution < -0.4 is 0 Å². The van der Waals surface area contributed by atoms with Crippen molar-refractivity contribution in [3.05, 3.63) is 35.9 Å². The van der Waals surface area contributed by atoms with E-state index in [0.29, 0.717) is 23.6 Å². The van der Waals surface area contributed by atoms with E-state index in [1.165, 1.54) is 6.33 Å². The molecule has 0 N–H and O–H groups in total.